The fourth-order valence-corrected chi connectivity index (χ4v) is 2.88. The number of nitrogens with zero attached hydrogens (tertiary/aromatic N) is 1. The molecule has 1 fully saturated rings. The highest BCUT2D eigenvalue weighted by Crippen LogP contribution is 2.24. The standard InChI is InChI=1S/C20H32ClN3O3.HI/c1-3-22-20(23-10-6-11-25-14-17-9-12-26-15-17)24-13-16(2)27-19-8-5-4-7-18(19)21;/h4-5,7-8,16-17H,3,6,9-15H2,1-2H3,(H2,22,23,24);1H. The fraction of sp³-hybridized carbons (Fsp3) is 0.650. The van der Waals surface area contributed by atoms with E-state index in [-0.39, 0.29) is 30.1 Å². The van der Waals surface area contributed by atoms with Gasteiger partial charge in [-0.3, -0.25) is 0 Å². The molecule has 1 saturated heterocycles. The molecule has 0 bridgehead atoms. The molecule has 1 heterocycles. The molecule has 1 aromatic rings. The van der Waals surface area contributed by atoms with Gasteiger partial charge in [-0.1, -0.05) is 23.7 Å². The number of ether oxygens (including phenoxy) is 3. The number of benzene rings is 1. The normalized spacial score (nSPS) is 17.7. The van der Waals surface area contributed by atoms with Crippen LogP contribution in [0.5, 0.6) is 5.75 Å². The van der Waals surface area contributed by atoms with Crippen LogP contribution in [0.2, 0.25) is 5.02 Å². The Balaban J connectivity index is 0.00000392. The number of nitrogens with one attached hydrogen (secondary N) is 2. The molecule has 6 nitrogen and oxygen atoms in total. The third-order valence-electron chi connectivity index (χ3n) is 4.15. The number of rotatable bonds is 11. The lowest BCUT2D eigenvalue weighted by molar-refractivity contribution is 0.0888. The highest BCUT2D eigenvalue weighted by molar-refractivity contribution is 14.0. The second-order valence-corrected chi connectivity index (χ2v) is 7.07. The van der Waals surface area contributed by atoms with E-state index in [1.165, 1.54) is 0 Å². The van der Waals surface area contributed by atoms with Gasteiger partial charge in [0, 0.05) is 32.2 Å². The van der Waals surface area contributed by atoms with Crippen LogP contribution >= 0.6 is 35.6 Å². The molecule has 0 aromatic heterocycles. The minimum atomic E-state index is -0.0719. The fourth-order valence-electron chi connectivity index (χ4n) is 2.70. The van der Waals surface area contributed by atoms with E-state index in [9.17, 15) is 0 Å². The van der Waals surface area contributed by atoms with E-state index in [1.807, 2.05) is 38.1 Å². The number of guanidine groups is 1. The second-order valence-electron chi connectivity index (χ2n) is 6.66. The Hall–Kier alpha value is -0.770. The maximum atomic E-state index is 6.13. The first-order valence-corrected chi connectivity index (χ1v) is 10.2. The maximum absolute atomic E-state index is 6.13. The Morgan fingerprint density at radius 2 is 2.18 bits per heavy atom. The molecule has 0 radical (unpaired) electrons. The van der Waals surface area contributed by atoms with Crippen molar-refractivity contribution in [3.05, 3.63) is 29.3 Å². The topological polar surface area (TPSA) is 64.1 Å². The molecular formula is C20H33ClIN3O3. The number of hydrogen-bond donors (Lipinski definition) is 2. The Kier molecular flexibility index (Phi) is 13.6. The van der Waals surface area contributed by atoms with Crippen LogP contribution < -0.4 is 15.4 Å². The summed E-state index contributed by atoms with van der Waals surface area (Å²) in [5, 5.41) is 7.19. The number of para-hydroxylation sites is 1. The van der Waals surface area contributed by atoms with Crippen molar-refractivity contribution in [1.82, 2.24) is 10.6 Å². The molecule has 0 amide bonds. The average Bonchev–Trinajstić information content (AvgIpc) is 3.18. The lowest BCUT2D eigenvalue weighted by Gasteiger charge is -2.16. The largest absolute Gasteiger partial charge is 0.487 e. The molecule has 2 atom stereocenters. The first-order valence-electron chi connectivity index (χ1n) is 9.78. The van der Waals surface area contributed by atoms with Crippen molar-refractivity contribution < 1.29 is 14.2 Å². The van der Waals surface area contributed by atoms with Crippen molar-refractivity contribution >= 4 is 41.5 Å². The van der Waals surface area contributed by atoms with Crippen LogP contribution in [0.25, 0.3) is 0 Å². The highest BCUT2D eigenvalue weighted by atomic mass is 127. The van der Waals surface area contributed by atoms with Crippen LogP contribution in [0.3, 0.4) is 0 Å². The minimum absolute atomic E-state index is 0. The molecule has 0 aliphatic carbocycles. The van der Waals surface area contributed by atoms with Gasteiger partial charge in [0.05, 0.1) is 24.8 Å². The van der Waals surface area contributed by atoms with Crippen LogP contribution in [0.4, 0.5) is 0 Å². The predicted molar refractivity (Wildman–Crippen MR) is 125 cm³/mol. The summed E-state index contributed by atoms with van der Waals surface area (Å²) in [6.07, 6.45) is 1.98. The lowest BCUT2D eigenvalue weighted by Crippen LogP contribution is -2.38. The van der Waals surface area contributed by atoms with Crippen LogP contribution in [0.15, 0.2) is 29.3 Å². The maximum Gasteiger partial charge on any atom is 0.191 e. The van der Waals surface area contributed by atoms with Crippen molar-refractivity contribution in [2.75, 3.05) is 46.1 Å². The smallest absolute Gasteiger partial charge is 0.191 e. The summed E-state index contributed by atoms with van der Waals surface area (Å²) < 4.78 is 16.9. The summed E-state index contributed by atoms with van der Waals surface area (Å²) in [5.41, 5.74) is 0. The number of aliphatic imine (C=N–C) groups is 1. The Labute approximate surface area is 190 Å². The van der Waals surface area contributed by atoms with Gasteiger partial charge in [-0.15, -0.1) is 24.0 Å². The Bertz CT molecular complexity index is 571. The molecule has 2 unspecified atom stereocenters. The van der Waals surface area contributed by atoms with Gasteiger partial charge in [-0.2, -0.15) is 0 Å². The first kappa shape index (κ1) is 25.3. The molecule has 1 aromatic carbocycles. The van der Waals surface area contributed by atoms with Gasteiger partial charge in [0.1, 0.15) is 11.9 Å². The summed E-state index contributed by atoms with van der Waals surface area (Å²) in [7, 11) is 0. The number of halogens is 2. The molecule has 1 aliphatic heterocycles. The Morgan fingerprint density at radius 3 is 2.89 bits per heavy atom. The molecule has 1 aliphatic rings. The molecule has 160 valence electrons. The third-order valence-corrected chi connectivity index (χ3v) is 4.46. The van der Waals surface area contributed by atoms with Gasteiger partial charge in [-0.25, -0.2) is 4.99 Å². The van der Waals surface area contributed by atoms with E-state index in [4.69, 9.17) is 25.8 Å². The van der Waals surface area contributed by atoms with Gasteiger partial charge >= 0.3 is 0 Å². The van der Waals surface area contributed by atoms with Crippen molar-refractivity contribution in [1.29, 1.82) is 0 Å². The summed E-state index contributed by atoms with van der Waals surface area (Å²) in [4.78, 5) is 4.59. The zero-order valence-corrected chi connectivity index (χ0v) is 19.9. The SMILES string of the molecule is CCNC(=NCC(C)Oc1ccccc1Cl)NCCCOCC1CCOC1.I. The van der Waals surface area contributed by atoms with Crippen LogP contribution in [0, 0.1) is 5.92 Å². The molecule has 28 heavy (non-hydrogen) atoms. The molecule has 8 heteroatoms. The van der Waals surface area contributed by atoms with Crippen molar-refractivity contribution in [2.45, 2.75) is 32.8 Å². The summed E-state index contributed by atoms with van der Waals surface area (Å²) in [5.74, 6) is 2.04. The van der Waals surface area contributed by atoms with E-state index < -0.39 is 0 Å². The van der Waals surface area contributed by atoms with Gasteiger partial charge in [0.15, 0.2) is 5.96 Å². The van der Waals surface area contributed by atoms with Crippen LogP contribution in [0.1, 0.15) is 26.7 Å². The van der Waals surface area contributed by atoms with E-state index in [2.05, 4.69) is 15.6 Å². The zero-order valence-electron chi connectivity index (χ0n) is 16.8. The van der Waals surface area contributed by atoms with Gasteiger partial charge in [0.25, 0.3) is 0 Å². The molecule has 2 N–H and O–H groups in total. The van der Waals surface area contributed by atoms with Crippen molar-refractivity contribution in [3.63, 3.8) is 0 Å². The first-order chi connectivity index (χ1) is 13.2. The summed E-state index contributed by atoms with van der Waals surface area (Å²) >= 11 is 6.13. The molecule has 0 spiro atoms. The molecular weight excluding hydrogens is 493 g/mol. The minimum Gasteiger partial charge on any atom is -0.487 e. The Morgan fingerprint density at radius 1 is 1.36 bits per heavy atom. The molecule has 2 rings (SSSR count). The monoisotopic (exact) mass is 525 g/mol. The third kappa shape index (κ3) is 10.1. The zero-order chi connectivity index (χ0) is 19.3. The van der Waals surface area contributed by atoms with Gasteiger partial charge < -0.3 is 24.8 Å². The van der Waals surface area contributed by atoms with E-state index in [0.717, 1.165) is 58.3 Å². The van der Waals surface area contributed by atoms with Crippen molar-refractivity contribution in [3.8, 4) is 5.75 Å². The summed E-state index contributed by atoms with van der Waals surface area (Å²) in [6, 6.07) is 7.48. The van der Waals surface area contributed by atoms with E-state index in [0.29, 0.717) is 23.2 Å². The molecule has 0 saturated carbocycles. The summed E-state index contributed by atoms with van der Waals surface area (Å²) in [6.45, 7) is 9.44. The van der Waals surface area contributed by atoms with Crippen LogP contribution in [-0.4, -0.2) is 58.1 Å². The average molecular weight is 526 g/mol. The van der Waals surface area contributed by atoms with Crippen molar-refractivity contribution in [2.24, 2.45) is 10.9 Å². The van der Waals surface area contributed by atoms with Gasteiger partial charge in [-0.05, 0) is 38.8 Å². The highest BCUT2D eigenvalue weighted by Gasteiger charge is 2.15. The van der Waals surface area contributed by atoms with E-state index >= 15 is 0 Å². The van der Waals surface area contributed by atoms with Crippen LogP contribution in [-0.2, 0) is 9.47 Å². The lowest BCUT2D eigenvalue weighted by atomic mass is 10.1. The predicted octanol–water partition coefficient (Wildman–Crippen LogP) is 3.72. The van der Waals surface area contributed by atoms with E-state index in [1.54, 1.807) is 0 Å². The number of hydrogen-bond acceptors (Lipinski definition) is 4. The van der Waals surface area contributed by atoms with Gasteiger partial charge in [0.2, 0.25) is 0 Å². The quantitative estimate of drug-likeness (QED) is 0.200. The second kappa shape index (κ2) is 15.1.